The standard InChI is InChI=1S/C7H8N4O/c1-2-6-9-7(12)5-3-8-4-11(5)10-6/h3-4H,2H2,1H3,(H,9,10,12). The summed E-state index contributed by atoms with van der Waals surface area (Å²) in [6.45, 7) is 1.93. The zero-order chi connectivity index (χ0) is 8.55. The Bertz CT molecular complexity index is 456. The number of aryl methyl sites for hydroxylation is 1. The van der Waals surface area contributed by atoms with Crippen LogP contribution in [0.3, 0.4) is 0 Å². The zero-order valence-corrected chi connectivity index (χ0v) is 6.61. The average molecular weight is 164 g/mol. The van der Waals surface area contributed by atoms with Crippen molar-refractivity contribution in [2.75, 3.05) is 0 Å². The van der Waals surface area contributed by atoms with Crippen LogP contribution in [0.1, 0.15) is 12.7 Å². The van der Waals surface area contributed by atoms with Gasteiger partial charge in [0, 0.05) is 6.42 Å². The molecule has 0 amide bonds. The van der Waals surface area contributed by atoms with Crippen molar-refractivity contribution in [2.24, 2.45) is 0 Å². The Morgan fingerprint density at radius 2 is 2.50 bits per heavy atom. The first-order chi connectivity index (χ1) is 5.81. The number of imidazole rings is 1. The first-order valence-corrected chi connectivity index (χ1v) is 3.73. The Balaban J connectivity index is 2.84. The summed E-state index contributed by atoms with van der Waals surface area (Å²) < 4.78 is 1.48. The Kier molecular flexibility index (Phi) is 1.43. The first kappa shape index (κ1) is 7.02. The molecule has 0 aliphatic rings. The van der Waals surface area contributed by atoms with Crippen molar-refractivity contribution in [2.45, 2.75) is 13.3 Å². The lowest BCUT2D eigenvalue weighted by atomic mass is 10.4. The number of aromatic amines is 1. The number of rotatable bonds is 1. The smallest absolute Gasteiger partial charge is 0.276 e. The zero-order valence-electron chi connectivity index (χ0n) is 6.61. The van der Waals surface area contributed by atoms with Crippen LogP contribution in [0.5, 0.6) is 0 Å². The highest BCUT2D eigenvalue weighted by Gasteiger charge is 2.00. The molecule has 0 fully saturated rings. The Labute approximate surface area is 68.1 Å². The van der Waals surface area contributed by atoms with Crippen LogP contribution < -0.4 is 5.56 Å². The van der Waals surface area contributed by atoms with Gasteiger partial charge in [-0.15, -0.1) is 0 Å². The van der Waals surface area contributed by atoms with E-state index in [4.69, 9.17) is 0 Å². The minimum atomic E-state index is -0.139. The summed E-state index contributed by atoms with van der Waals surface area (Å²) in [5.41, 5.74) is 0.339. The largest absolute Gasteiger partial charge is 0.307 e. The van der Waals surface area contributed by atoms with Crippen molar-refractivity contribution in [1.29, 1.82) is 0 Å². The lowest BCUT2D eigenvalue weighted by molar-refractivity contribution is 0.795. The van der Waals surface area contributed by atoms with Crippen molar-refractivity contribution >= 4 is 5.52 Å². The molecular weight excluding hydrogens is 156 g/mol. The fourth-order valence-corrected chi connectivity index (χ4v) is 1.04. The normalized spacial score (nSPS) is 10.8. The van der Waals surface area contributed by atoms with Crippen LogP contribution in [0, 0.1) is 0 Å². The van der Waals surface area contributed by atoms with E-state index in [1.54, 1.807) is 0 Å². The molecule has 62 valence electrons. The number of fused-ring (bicyclic) bond motifs is 1. The van der Waals surface area contributed by atoms with Gasteiger partial charge in [-0.25, -0.2) is 9.50 Å². The van der Waals surface area contributed by atoms with Crippen molar-refractivity contribution in [3.8, 4) is 0 Å². The molecule has 0 saturated heterocycles. The van der Waals surface area contributed by atoms with Crippen LogP contribution in [0.15, 0.2) is 17.3 Å². The summed E-state index contributed by atoms with van der Waals surface area (Å²) in [4.78, 5) is 17.7. The summed E-state index contributed by atoms with van der Waals surface area (Å²) in [5.74, 6) is 0.672. The van der Waals surface area contributed by atoms with Crippen LogP contribution >= 0.6 is 0 Å². The SMILES string of the molecule is CCc1nn2cncc2c(=O)[nH]1. The van der Waals surface area contributed by atoms with Crippen LogP contribution in [-0.4, -0.2) is 19.6 Å². The van der Waals surface area contributed by atoms with E-state index in [-0.39, 0.29) is 5.56 Å². The number of nitrogens with zero attached hydrogens (tertiary/aromatic N) is 3. The Morgan fingerprint density at radius 3 is 3.25 bits per heavy atom. The van der Waals surface area contributed by atoms with Gasteiger partial charge in [-0.1, -0.05) is 6.92 Å². The molecule has 12 heavy (non-hydrogen) atoms. The van der Waals surface area contributed by atoms with Gasteiger partial charge in [0.1, 0.15) is 17.7 Å². The van der Waals surface area contributed by atoms with Crippen LogP contribution in [0.2, 0.25) is 0 Å². The highest BCUT2D eigenvalue weighted by Crippen LogP contribution is 1.92. The minimum Gasteiger partial charge on any atom is -0.307 e. The maximum Gasteiger partial charge on any atom is 0.276 e. The van der Waals surface area contributed by atoms with E-state index in [1.807, 2.05) is 6.92 Å². The second-order valence-electron chi connectivity index (χ2n) is 2.48. The molecular formula is C7H8N4O. The van der Waals surface area contributed by atoms with E-state index in [9.17, 15) is 4.79 Å². The van der Waals surface area contributed by atoms with E-state index in [1.165, 1.54) is 17.0 Å². The van der Waals surface area contributed by atoms with Gasteiger partial charge < -0.3 is 4.98 Å². The first-order valence-electron chi connectivity index (χ1n) is 3.73. The predicted molar refractivity (Wildman–Crippen MR) is 43.0 cm³/mol. The molecule has 2 aromatic rings. The van der Waals surface area contributed by atoms with Crippen LogP contribution in [-0.2, 0) is 6.42 Å². The van der Waals surface area contributed by atoms with Crippen molar-refractivity contribution in [1.82, 2.24) is 19.6 Å². The number of H-pyrrole nitrogens is 1. The second kappa shape index (κ2) is 2.44. The molecule has 0 aliphatic heterocycles. The molecule has 1 N–H and O–H groups in total. The summed E-state index contributed by atoms with van der Waals surface area (Å²) >= 11 is 0. The van der Waals surface area contributed by atoms with Gasteiger partial charge >= 0.3 is 0 Å². The molecule has 0 aliphatic carbocycles. The maximum atomic E-state index is 11.3. The highest BCUT2D eigenvalue weighted by atomic mass is 16.1. The lowest BCUT2D eigenvalue weighted by Gasteiger charge is -1.95. The Morgan fingerprint density at radius 1 is 1.67 bits per heavy atom. The van der Waals surface area contributed by atoms with Gasteiger partial charge in [-0.05, 0) is 0 Å². The van der Waals surface area contributed by atoms with E-state index in [0.29, 0.717) is 17.8 Å². The molecule has 2 aromatic heterocycles. The third-order valence-corrected chi connectivity index (χ3v) is 1.67. The molecule has 0 atom stereocenters. The quantitative estimate of drug-likeness (QED) is 0.644. The van der Waals surface area contributed by atoms with Gasteiger partial charge in [-0.3, -0.25) is 4.79 Å². The van der Waals surface area contributed by atoms with Crippen LogP contribution in [0.4, 0.5) is 0 Å². The molecule has 5 nitrogen and oxygen atoms in total. The molecule has 2 rings (SSSR count). The summed E-state index contributed by atoms with van der Waals surface area (Å²) in [6.07, 6.45) is 3.72. The van der Waals surface area contributed by atoms with E-state index >= 15 is 0 Å². The van der Waals surface area contributed by atoms with Crippen molar-refractivity contribution in [3.63, 3.8) is 0 Å². The van der Waals surface area contributed by atoms with E-state index in [2.05, 4.69) is 15.1 Å². The van der Waals surface area contributed by atoms with Gasteiger partial charge in [0.2, 0.25) is 0 Å². The van der Waals surface area contributed by atoms with Gasteiger partial charge in [0.15, 0.2) is 0 Å². The fraction of sp³-hybridized carbons (Fsp3) is 0.286. The molecule has 0 saturated carbocycles. The topological polar surface area (TPSA) is 63.1 Å². The third kappa shape index (κ3) is 0.903. The molecule has 0 unspecified atom stereocenters. The van der Waals surface area contributed by atoms with Crippen LogP contribution in [0.25, 0.3) is 5.52 Å². The Hall–Kier alpha value is -1.65. The van der Waals surface area contributed by atoms with E-state index in [0.717, 1.165) is 0 Å². The number of nitrogens with one attached hydrogen (secondary N) is 1. The molecule has 0 bridgehead atoms. The molecule has 0 radical (unpaired) electrons. The summed E-state index contributed by atoms with van der Waals surface area (Å²) in [6, 6.07) is 0. The summed E-state index contributed by atoms with van der Waals surface area (Å²) in [7, 11) is 0. The predicted octanol–water partition coefficient (Wildman–Crippen LogP) is -0.0200. The molecule has 0 aromatic carbocycles. The molecule has 0 spiro atoms. The minimum absolute atomic E-state index is 0.139. The maximum absolute atomic E-state index is 11.3. The monoisotopic (exact) mass is 164 g/mol. The number of hydrogen-bond acceptors (Lipinski definition) is 3. The lowest BCUT2D eigenvalue weighted by Crippen LogP contribution is -2.14. The van der Waals surface area contributed by atoms with Gasteiger partial charge in [0.25, 0.3) is 5.56 Å². The molecule has 5 heteroatoms. The number of hydrogen-bond donors (Lipinski definition) is 1. The second-order valence-corrected chi connectivity index (χ2v) is 2.48. The van der Waals surface area contributed by atoms with Gasteiger partial charge in [-0.2, -0.15) is 5.10 Å². The van der Waals surface area contributed by atoms with Crippen molar-refractivity contribution in [3.05, 3.63) is 28.7 Å². The van der Waals surface area contributed by atoms with E-state index < -0.39 is 0 Å². The van der Waals surface area contributed by atoms with Crippen molar-refractivity contribution < 1.29 is 0 Å². The molecule has 2 heterocycles. The fourth-order valence-electron chi connectivity index (χ4n) is 1.04. The highest BCUT2D eigenvalue weighted by molar-refractivity contribution is 5.39. The summed E-state index contributed by atoms with van der Waals surface area (Å²) in [5, 5.41) is 4.11. The third-order valence-electron chi connectivity index (χ3n) is 1.67. The van der Waals surface area contributed by atoms with Gasteiger partial charge in [0.05, 0.1) is 6.20 Å². The number of aromatic nitrogens is 4. The average Bonchev–Trinajstić information content (AvgIpc) is 2.52.